The second-order valence-corrected chi connectivity index (χ2v) is 5.68. The summed E-state index contributed by atoms with van der Waals surface area (Å²) in [5, 5.41) is 10.8. The zero-order valence-corrected chi connectivity index (χ0v) is 13.1. The normalized spacial score (nSPS) is 27.9. The van der Waals surface area contributed by atoms with E-state index in [0.29, 0.717) is 0 Å². The molecule has 2 aliphatic rings. The molecule has 0 bridgehead atoms. The first-order valence-corrected chi connectivity index (χ1v) is 7.36. The van der Waals surface area contributed by atoms with Gasteiger partial charge in [-0.3, -0.25) is 9.48 Å². The van der Waals surface area contributed by atoms with Crippen LogP contribution in [-0.4, -0.2) is 47.5 Å². The molecule has 0 aliphatic carbocycles. The average molecular weight is 315 g/mol. The van der Waals surface area contributed by atoms with Crippen molar-refractivity contribution in [2.75, 3.05) is 19.7 Å². The van der Waals surface area contributed by atoms with Crippen LogP contribution in [0, 0.1) is 0 Å². The first-order chi connectivity index (χ1) is 9.72. The largest absolute Gasteiger partial charge is 0.376 e. The Morgan fingerprint density at radius 3 is 2.81 bits per heavy atom. The summed E-state index contributed by atoms with van der Waals surface area (Å²) in [5.74, 6) is 0.0741. The second kappa shape index (κ2) is 6.77. The zero-order valence-electron chi connectivity index (χ0n) is 12.2. The number of rotatable bonds is 3. The molecular formula is C14H23ClN4O2. The van der Waals surface area contributed by atoms with Crippen LogP contribution in [0.3, 0.4) is 0 Å². The van der Waals surface area contributed by atoms with Gasteiger partial charge in [0, 0.05) is 19.0 Å². The molecule has 21 heavy (non-hydrogen) atoms. The fourth-order valence-corrected chi connectivity index (χ4v) is 3.15. The second-order valence-electron chi connectivity index (χ2n) is 5.68. The predicted octanol–water partition coefficient (Wildman–Crippen LogP) is 0.677. The van der Waals surface area contributed by atoms with Crippen LogP contribution in [0.4, 0.5) is 0 Å². The van der Waals surface area contributed by atoms with E-state index in [2.05, 4.69) is 15.7 Å². The van der Waals surface area contributed by atoms with Crippen LogP contribution in [0.15, 0.2) is 18.5 Å². The number of hydrogen-bond donors (Lipinski definition) is 2. The number of amides is 1. The highest BCUT2D eigenvalue weighted by Gasteiger charge is 2.43. The summed E-state index contributed by atoms with van der Waals surface area (Å²) in [4.78, 5) is 12.9. The highest BCUT2D eigenvalue weighted by Crippen LogP contribution is 2.28. The van der Waals surface area contributed by atoms with Gasteiger partial charge in [-0.2, -0.15) is 5.10 Å². The molecule has 2 atom stereocenters. The predicted molar refractivity (Wildman–Crippen MR) is 81.5 cm³/mol. The molecular weight excluding hydrogens is 292 g/mol. The van der Waals surface area contributed by atoms with Gasteiger partial charge < -0.3 is 15.4 Å². The van der Waals surface area contributed by atoms with E-state index in [0.717, 1.165) is 39.0 Å². The monoisotopic (exact) mass is 314 g/mol. The van der Waals surface area contributed by atoms with Gasteiger partial charge >= 0.3 is 0 Å². The van der Waals surface area contributed by atoms with Gasteiger partial charge in [-0.1, -0.05) is 0 Å². The third-order valence-electron chi connectivity index (χ3n) is 4.49. The van der Waals surface area contributed by atoms with Crippen LogP contribution < -0.4 is 10.6 Å². The van der Waals surface area contributed by atoms with Crippen molar-refractivity contribution in [3.05, 3.63) is 18.5 Å². The van der Waals surface area contributed by atoms with E-state index >= 15 is 0 Å². The van der Waals surface area contributed by atoms with Crippen molar-refractivity contribution < 1.29 is 9.53 Å². The standard InChI is InChI=1S/C14H22N4O2.ClH/c1-11-12(3-10-20-11)17-13(19)14(4-7-15-8-5-14)18-9-2-6-16-18;/h2,6,9,11-12,15H,3-5,7-8,10H2,1H3,(H,17,19);1H. The summed E-state index contributed by atoms with van der Waals surface area (Å²) < 4.78 is 7.35. The molecule has 3 rings (SSSR count). The number of nitrogens with zero attached hydrogens (tertiary/aromatic N) is 2. The van der Waals surface area contributed by atoms with E-state index in [-0.39, 0.29) is 30.5 Å². The topological polar surface area (TPSA) is 68.2 Å². The molecule has 6 nitrogen and oxygen atoms in total. The minimum atomic E-state index is -0.558. The molecule has 2 N–H and O–H groups in total. The summed E-state index contributed by atoms with van der Waals surface area (Å²) in [7, 11) is 0. The van der Waals surface area contributed by atoms with E-state index in [1.807, 2.05) is 23.9 Å². The number of aromatic nitrogens is 2. The number of ether oxygens (including phenoxy) is 1. The van der Waals surface area contributed by atoms with Crippen molar-refractivity contribution in [2.24, 2.45) is 0 Å². The Morgan fingerprint density at radius 1 is 1.48 bits per heavy atom. The van der Waals surface area contributed by atoms with Crippen molar-refractivity contribution in [3.63, 3.8) is 0 Å². The molecule has 2 unspecified atom stereocenters. The Kier molecular flexibility index (Phi) is 5.24. The minimum absolute atomic E-state index is 0. The first-order valence-electron chi connectivity index (χ1n) is 7.36. The van der Waals surface area contributed by atoms with Crippen LogP contribution in [0.1, 0.15) is 26.2 Å². The Balaban J connectivity index is 0.00000161. The van der Waals surface area contributed by atoms with Crippen LogP contribution in [0.5, 0.6) is 0 Å². The molecule has 2 fully saturated rings. The van der Waals surface area contributed by atoms with Crippen LogP contribution in [0.2, 0.25) is 0 Å². The molecule has 2 aliphatic heterocycles. The number of carbonyl (C=O) groups is 1. The fourth-order valence-electron chi connectivity index (χ4n) is 3.15. The summed E-state index contributed by atoms with van der Waals surface area (Å²) in [6.07, 6.45) is 6.14. The van der Waals surface area contributed by atoms with E-state index in [1.54, 1.807) is 6.20 Å². The van der Waals surface area contributed by atoms with E-state index in [9.17, 15) is 4.79 Å². The van der Waals surface area contributed by atoms with Gasteiger partial charge in [0.1, 0.15) is 5.54 Å². The number of nitrogens with one attached hydrogen (secondary N) is 2. The lowest BCUT2D eigenvalue weighted by Crippen LogP contribution is -2.57. The van der Waals surface area contributed by atoms with Gasteiger partial charge in [0.25, 0.3) is 0 Å². The van der Waals surface area contributed by atoms with E-state index in [4.69, 9.17) is 4.74 Å². The Morgan fingerprint density at radius 2 is 2.24 bits per heavy atom. The molecule has 0 aromatic carbocycles. The maximum atomic E-state index is 12.9. The molecule has 7 heteroatoms. The highest BCUT2D eigenvalue weighted by atomic mass is 35.5. The number of hydrogen-bond acceptors (Lipinski definition) is 4. The number of carbonyl (C=O) groups excluding carboxylic acids is 1. The third kappa shape index (κ3) is 3.07. The first kappa shape index (κ1) is 16.3. The maximum Gasteiger partial charge on any atom is 0.248 e. The zero-order chi connectivity index (χ0) is 14.0. The molecule has 1 amide bonds. The summed E-state index contributed by atoms with van der Waals surface area (Å²) >= 11 is 0. The SMILES string of the molecule is CC1OCCC1NC(=O)C1(n2cccn2)CCNCC1.Cl. The Hall–Kier alpha value is -1.11. The van der Waals surface area contributed by atoms with Crippen molar-refractivity contribution in [1.29, 1.82) is 0 Å². The molecule has 1 aromatic rings. The molecule has 2 saturated heterocycles. The highest BCUT2D eigenvalue weighted by molar-refractivity contribution is 5.85. The number of halogens is 1. The van der Waals surface area contributed by atoms with Gasteiger partial charge in [-0.25, -0.2) is 0 Å². The van der Waals surface area contributed by atoms with Crippen molar-refractivity contribution in [3.8, 4) is 0 Å². The van der Waals surface area contributed by atoms with Gasteiger partial charge in [-0.15, -0.1) is 12.4 Å². The van der Waals surface area contributed by atoms with Crippen molar-refractivity contribution in [1.82, 2.24) is 20.4 Å². The van der Waals surface area contributed by atoms with E-state index < -0.39 is 5.54 Å². The Labute approximate surface area is 131 Å². The summed E-state index contributed by atoms with van der Waals surface area (Å²) in [6, 6.07) is 1.99. The minimum Gasteiger partial charge on any atom is -0.376 e. The lowest BCUT2D eigenvalue weighted by Gasteiger charge is -2.37. The smallest absolute Gasteiger partial charge is 0.248 e. The summed E-state index contributed by atoms with van der Waals surface area (Å²) in [6.45, 7) is 4.41. The molecule has 3 heterocycles. The fraction of sp³-hybridized carbons (Fsp3) is 0.714. The van der Waals surface area contributed by atoms with Crippen LogP contribution in [0.25, 0.3) is 0 Å². The van der Waals surface area contributed by atoms with E-state index in [1.165, 1.54) is 0 Å². The Bertz CT molecular complexity index is 460. The molecule has 118 valence electrons. The summed E-state index contributed by atoms with van der Waals surface area (Å²) in [5.41, 5.74) is -0.558. The van der Waals surface area contributed by atoms with Gasteiger partial charge in [0.2, 0.25) is 5.91 Å². The van der Waals surface area contributed by atoms with Crippen molar-refractivity contribution >= 4 is 18.3 Å². The molecule has 0 saturated carbocycles. The maximum absolute atomic E-state index is 12.9. The lowest BCUT2D eigenvalue weighted by molar-refractivity contribution is -0.133. The van der Waals surface area contributed by atoms with Gasteiger partial charge in [0.05, 0.1) is 12.1 Å². The molecule has 0 spiro atoms. The number of piperidine rings is 1. The third-order valence-corrected chi connectivity index (χ3v) is 4.49. The van der Waals surface area contributed by atoms with Crippen LogP contribution >= 0.6 is 12.4 Å². The average Bonchev–Trinajstić information content (AvgIpc) is 3.12. The molecule has 0 radical (unpaired) electrons. The lowest BCUT2D eigenvalue weighted by atomic mass is 9.87. The van der Waals surface area contributed by atoms with Crippen LogP contribution in [-0.2, 0) is 15.1 Å². The quantitative estimate of drug-likeness (QED) is 0.861. The van der Waals surface area contributed by atoms with Crippen molar-refractivity contribution in [2.45, 2.75) is 43.9 Å². The van der Waals surface area contributed by atoms with Gasteiger partial charge in [0.15, 0.2) is 0 Å². The van der Waals surface area contributed by atoms with Gasteiger partial charge in [-0.05, 0) is 45.3 Å². The molecule has 1 aromatic heterocycles.